The van der Waals surface area contributed by atoms with E-state index >= 15 is 0 Å². The zero-order valence-electron chi connectivity index (χ0n) is 14.6. The summed E-state index contributed by atoms with van der Waals surface area (Å²) in [5, 5.41) is 3.28. The van der Waals surface area contributed by atoms with Gasteiger partial charge in [-0.05, 0) is 48.7 Å². The Bertz CT molecular complexity index is 937. The second-order valence-corrected chi connectivity index (χ2v) is 6.46. The van der Waals surface area contributed by atoms with Gasteiger partial charge in [0, 0.05) is 30.4 Å². The van der Waals surface area contributed by atoms with Gasteiger partial charge in [-0.25, -0.2) is 9.97 Å². The van der Waals surface area contributed by atoms with Crippen LogP contribution in [0.15, 0.2) is 60.9 Å². The minimum atomic E-state index is 0.0613. The zero-order valence-corrected chi connectivity index (χ0v) is 14.6. The Hall–Kier alpha value is -3.21. The van der Waals surface area contributed by atoms with E-state index in [9.17, 15) is 4.79 Å². The predicted molar refractivity (Wildman–Crippen MR) is 103 cm³/mol. The summed E-state index contributed by atoms with van der Waals surface area (Å²) in [6.45, 7) is 3.37. The molecule has 2 heterocycles. The monoisotopic (exact) mass is 344 g/mol. The van der Waals surface area contributed by atoms with Crippen molar-refractivity contribution in [2.45, 2.75) is 19.9 Å². The molecule has 1 aromatic heterocycles. The van der Waals surface area contributed by atoms with Crippen LogP contribution in [0.3, 0.4) is 0 Å². The lowest BCUT2D eigenvalue weighted by molar-refractivity contribution is 0.101. The molecule has 0 atom stereocenters. The molecular formula is C21H20N4O. The fourth-order valence-corrected chi connectivity index (χ4v) is 3.22. The highest BCUT2D eigenvalue weighted by atomic mass is 16.1. The number of anilines is 3. The number of nitrogens with one attached hydrogen (secondary N) is 1. The van der Waals surface area contributed by atoms with E-state index in [1.54, 1.807) is 13.3 Å². The molecule has 0 fully saturated rings. The van der Waals surface area contributed by atoms with Gasteiger partial charge in [0.25, 0.3) is 0 Å². The maximum atomic E-state index is 11.4. The van der Waals surface area contributed by atoms with E-state index in [4.69, 9.17) is 0 Å². The van der Waals surface area contributed by atoms with Gasteiger partial charge in [-0.1, -0.05) is 24.3 Å². The van der Waals surface area contributed by atoms with Crippen molar-refractivity contribution in [1.29, 1.82) is 0 Å². The van der Waals surface area contributed by atoms with Crippen molar-refractivity contribution in [3.63, 3.8) is 0 Å². The van der Waals surface area contributed by atoms with Crippen molar-refractivity contribution in [2.24, 2.45) is 0 Å². The largest absolute Gasteiger partial charge is 0.352 e. The van der Waals surface area contributed by atoms with Crippen LogP contribution in [-0.4, -0.2) is 22.3 Å². The molecular weight excluding hydrogens is 324 g/mol. The first-order valence-electron chi connectivity index (χ1n) is 8.71. The molecule has 0 saturated heterocycles. The summed E-state index contributed by atoms with van der Waals surface area (Å²) < 4.78 is 0. The van der Waals surface area contributed by atoms with E-state index in [0.29, 0.717) is 5.56 Å². The van der Waals surface area contributed by atoms with E-state index in [1.165, 1.54) is 11.1 Å². The summed E-state index contributed by atoms with van der Waals surface area (Å²) in [6, 6.07) is 17.9. The lowest BCUT2D eigenvalue weighted by Crippen LogP contribution is -2.31. The first-order valence-corrected chi connectivity index (χ1v) is 8.71. The number of fused-ring (bicyclic) bond motifs is 1. The smallest absolute Gasteiger partial charge is 0.159 e. The number of carbonyl (C=O) groups excluding carboxylic acids is 1. The molecule has 0 spiro atoms. The van der Waals surface area contributed by atoms with E-state index in [-0.39, 0.29) is 5.78 Å². The van der Waals surface area contributed by atoms with Gasteiger partial charge in [0.15, 0.2) is 5.78 Å². The summed E-state index contributed by atoms with van der Waals surface area (Å²) in [5.41, 5.74) is 4.36. The Morgan fingerprint density at radius 1 is 1.04 bits per heavy atom. The number of rotatable bonds is 4. The molecule has 2 aromatic carbocycles. The maximum Gasteiger partial charge on any atom is 0.159 e. The van der Waals surface area contributed by atoms with Gasteiger partial charge < -0.3 is 10.2 Å². The third kappa shape index (κ3) is 3.42. The third-order valence-corrected chi connectivity index (χ3v) is 4.67. The van der Waals surface area contributed by atoms with Crippen molar-refractivity contribution in [1.82, 2.24) is 9.97 Å². The van der Waals surface area contributed by atoms with Crippen molar-refractivity contribution >= 4 is 23.1 Å². The van der Waals surface area contributed by atoms with Crippen molar-refractivity contribution in [3.8, 4) is 0 Å². The topological polar surface area (TPSA) is 58.1 Å². The Morgan fingerprint density at radius 3 is 2.58 bits per heavy atom. The number of Topliss-reactive ketones (excluding diaryl/α,β-unsaturated/α-hetero) is 1. The van der Waals surface area contributed by atoms with Gasteiger partial charge in [0.2, 0.25) is 0 Å². The molecule has 4 rings (SSSR count). The summed E-state index contributed by atoms with van der Waals surface area (Å²) >= 11 is 0. The highest BCUT2D eigenvalue weighted by Crippen LogP contribution is 2.25. The second-order valence-electron chi connectivity index (χ2n) is 6.46. The third-order valence-electron chi connectivity index (χ3n) is 4.67. The number of carbonyl (C=O) groups is 1. The van der Waals surface area contributed by atoms with Gasteiger partial charge in [0.05, 0.1) is 0 Å². The number of hydrogen-bond acceptors (Lipinski definition) is 5. The molecule has 1 aliphatic rings. The van der Waals surface area contributed by atoms with Gasteiger partial charge in [-0.2, -0.15) is 0 Å². The quantitative estimate of drug-likeness (QED) is 0.725. The van der Waals surface area contributed by atoms with Crippen LogP contribution < -0.4 is 10.2 Å². The normalized spacial score (nSPS) is 13.2. The van der Waals surface area contributed by atoms with Crippen LogP contribution in [0.2, 0.25) is 0 Å². The minimum absolute atomic E-state index is 0.0613. The minimum Gasteiger partial charge on any atom is -0.352 e. The maximum absolute atomic E-state index is 11.4. The van der Waals surface area contributed by atoms with E-state index in [1.807, 2.05) is 30.3 Å². The van der Waals surface area contributed by atoms with E-state index < -0.39 is 0 Å². The Morgan fingerprint density at radius 2 is 1.81 bits per heavy atom. The molecule has 26 heavy (non-hydrogen) atoms. The lowest BCUT2D eigenvalue weighted by Gasteiger charge is -2.29. The molecule has 1 N–H and O–H groups in total. The highest BCUT2D eigenvalue weighted by Gasteiger charge is 2.17. The van der Waals surface area contributed by atoms with Crippen LogP contribution in [0, 0.1) is 0 Å². The molecule has 0 bridgehead atoms. The molecule has 0 radical (unpaired) electrons. The first kappa shape index (κ1) is 16.3. The van der Waals surface area contributed by atoms with Gasteiger partial charge in [-0.3, -0.25) is 4.79 Å². The standard InChI is InChI=1S/C21H20N4O/c1-15(26)16-6-8-19(9-7-16)24-20-12-21(23-14-22-20)25-11-10-17-4-2-3-5-18(17)13-25/h2-9,12,14H,10-11,13H2,1H3,(H,22,23,24). The summed E-state index contributed by atoms with van der Waals surface area (Å²) in [5.74, 6) is 1.72. The Labute approximate surface area is 152 Å². The van der Waals surface area contributed by atoms with Crippen molar-refractivity contribution in [2.75, 3.05) is 16.8 Å². The molecule has 5 nitrogen and oxygen atoms in total. The first-order chi connectivity index (χ1) is 12.7. The Balaban J connectivity index is 1.51. The van der Waals surface area contributed by atoms with E-state index in [2.05, 4.69) is 44.5 Å². The molecule has 0 unspecified atom stereocenters. The molecule has 0 saturated carbocycles. The fourth-order valence-electron chi connectivity index (χ4n) is 3.22. The van der Waals surface area contributed by atoms with Crippen LogP contribution in [0.5, 0.6) is 0 Å². The number of benzene rings is 2. The number of hydrogen-bond donors (Lipinski definition) is 1. The van der Waals surface area contributed by atoms with Crippen molar-refractivity contribution < 1.29 is 4.79 Å². The number of ketones is 1. The highest BCUT2D eigenvalue weighted by molar-refractivity contribution is 5.94. The van der Waals surface area contributed by atoms with Crippen LogP contribution in [-0.2, 0) is 13.0 Å². The summed E-state index contributed by atoms with van der Waals surface area (Å²) in [7, 11) is 0. The molecule has 0 aliphatic carbocycles. The summed E-state index contributed by atoms with van der Waals surface area (Å²) in [6.07, 6.45) is 2.61. The van der Waals surface area contributed by atoms with Crippen LogP contribution in [0.4, 0.5) is 17.3 Å². The average molecular weight is 344 g/mol. The van der Waals surface area contributed by atoms with Gasteiger partial charge in [0.1, 0.15) is 18.0 Å². The summed E-state index contributed by atoms with van der Waals surface area (Å²) in [4.78, 5) is 22.4. The molecule has 5 heteroatoms. The predicted octanol–water partition coefficient (Wildman–Crippen LogP) is 3.99. The van der Waals surface area contributed by atoms with E-state index in [0.717, 1.165) is 36.8 Å². The molecule has 130 valence electrons. The zero-order chi connectivity index (χ0) is 17.9. The van der Waals surface area contributed by atoms with Crippen LogP contribution in [0.25, 0.3) is 0 Å². The van der Waals surface area contributed by atoms with Crippen molar-refractivity contribution in [3.05, 3.63) is 77.6 Å². The Kier molecular flexibility index (Phi) is 4.35. The lowest BCUT2D eigenvalue weighted by atomic mass is 10.00. The number of aromatic nitrogens is 2. The second kappa shape index (κ2) is 6.96. The molecule has 3 aromatic rings. The number of nitrogens with zero attached hydrogens (tertiary/aromatic N) is 3. The molecule has 0 amide bonds. The molecule has 1 aliphatic heterocycles. The average Bonchev–Trinajstić information content (AvgIpc) is 2.68. The van der Waals surface area contributed by atoms with Crippen LogP contribution in [0.1, 0.15) is 28.4 Å². The van der Waals surface area contributed by atoms with Crippen LogP contribution >= 0.6 is 0 Å². The van der Waals surface area contributed by atoms with Gasteiger partial charge in [-0.15, -0.1) is 0 Å². The SMILES string of the molecule is CC(=O)c1ccc(Nc2cc(N3CCc4ccccc4C3)ncn2)cc1. The fraction of sp³-hybridized carbons (Fsp3) is 0.190. The van der Waals surface area contributed by atoms with Gasteiger partial charge >= 0.3 is 0 Å².